The van der Waals surface area contributed by atoms with Crippen LogP contribution in [0.25, 0.3) is 0 Å². The van der Waals surface area contributed by atoms with Gasteiger partial charge in [0, 0.05) is 42.9 Å². The summed E-state index contributed by atoms with van der Waals surface area (Å²) in [6, 6.07) is 6.03. The van der Waals surface area contributed by atoms with Gasteiger partial charge in [0.25, 0.3) is 0 Å². The predicted molar refractivity (Wildman–Crippen MR) is 131 cm³/mol. The first-order valence-electron chi connectivity index (χ1n) is 11.6. The summed E-state index contributed by atoms with van der Waals surface area (Å²) in [4.78, 5) is 37.3. The van der Waals surface area contributed by atoms with Crippen molar-refractivity contribution in [1.82, 2.24) is 20.2 Å². The standard InChI is InChI=1S/C24H35N5O3S/c1-5-6-8-18-15-25-23(33-18)27-20-10-7-9-19(26-20)17-11-13-29(14-12-17)22(31)24(2,3)28-21(30)16-32-4/h7,9-10,15,17H,5-6,8,11-14,16H2,1-4H3,(H,28,30)(H,25,26,27). The Balaban J connectivity index is 1.56. The van der Waals surface area contributed by atoms with E-state index in [9.17, 15) is 9.59 Å². The number of thiazole rings is 1. The smallest absolute Gasteiger partial charge is 0.247 e. The number of likely N-dealkylation sites (tertiary alicyclic amines) is 1. The molecule has 2 aromatic heterocycles. The highest BCUT2D eigenvalue weighted by atomic mass is 32.1. The number of methoxy groups -OCH3 is 1. The van der Waals surface area contributed by atoms with Gasteiger partial charge in [-0.05, 0) is 51.7 Å². The Morgan fingerprint density at radius 1 is 1.27 bits per heavy atom. The fourth-order valence-corrected chi connectivity index (χ4v) is 4.89. The molecule has 1 aliphatic rings. The van der Waals surface area contributed by atoms with Crippen LogP contribution in [0.4, 0.5) is 10.9 Å². The highest BCUT2D eigenvalue weighted by Crippen LogP contribution is 2.29. The first-order valence-corrected chi connectivity index (χ1v) is 12.4. The average molecular weight is 474 g/mol. The Morgan fingerprint density at radius 3 is 2.73 bits per heavy atom. The number of ether oxygens (including phenoxy) is 1. The molecule has 1 saturated heterocycles. The molecule has 0 bridgehead atoms. The second-order valence-electron chi connectivity index (χ2n) is 8.98. The summed E-state index contributed by atoms with van der Waals surface area (Å²) in [6.07, 6.45) is 7.03. The molecule has 8 nitrogen and oxygen atoms in total. The fraction of sp³-hybridized carbons (Fsp3) is 0.583. The average Bonchev–Trinajstić information content (AvgIpc) is 3.24. The van der Waals surface area contributed by atoms with Crippen molar-refractivity contribution in [1.29, 1.82) is 0 Å². The molecule has 0 aromatic carbocycles. The first-order chi connectivity index (χ1) is 15.8. The Kier molecular flexibility index (Phi) is 8.80. The summed E-state index contributed by atoms with van der Waals surface area (Å²) in [5.41, 5.74) is 0.0660. The number of anilines is 2. The Morgan fingerprint density at radius 2 is 2.03 bits per heavy atom. The van der Waals surface area contributed by atoms with Crippen molar-refractivity contribution in [3.63, 3.8) is 0 Å². The highest BCUT2D eigenvalue weighted by Gasteiger charge is 2.35. The van der Waals surface area contributed by atoms with E-state index >= 15 is 0 Å². The molecule has 1 aliphatic heterocycles. The number of carbonyl (C=O) groups excluding carboxylic acids is 2. The number of hydrogen-bond donors (Lipinski definition) is 2. The number of unbranched alkanes of at least 4 members (excludes halogenated alkanes) is 1. The van der Waals surface area contributed by atoms with Crippen LogP contribution in [0.15, 0.2) is 24.4 Å². The third-order valence-corrected chi connectivity index (χ3v) is 6.77. The summed E-state index contributed by atoms with van der Waals surface area (Å²) >= 11 is 1.68. The minimum absolute atomic E-state index is 0.0596. The Labute approximate surface area is 200 Å². The molecule has 3 rings (SSSR count). The molecule has 2 aromatic rings. The molecule has 180 valence electrons. The van der Waals surface area contributed by atoms with E-state index in [0.29, 0.717) is 19.0 Å². The highest BCUT2D eigenvalue weighted by molar-refractivity contribution is 7.15. The van der Waals surface area contributed by atoms with Gasteiger partial charge in [-0.15, -0.1) is 11.3 Å². The van der Waals surface area contributed by atoms with Crippen molar-refractivity contribution < 1.29 is 14.3 Å². The van der Waals surface area contributed by atoms with Crippen molar-refractivity contribution in [2.45, 2.75) is 64.3 Å². The van der Waals surface area contributed by atoms with Gasteiger partial charge in [-0.3, -0.25) is 9.59 Å². The molecule has 9 heteroatoms. The molecular formula is C24H35N5O3S. The van der Waals surface area contributed by atoms with Crippen LogP contribution in [0.3, 0.4) is 0 Å². The van der Waals surface area contributed by atoms with E-state index in [0.717, 1.165) is 35.9 Å². The molecule has 2 N–H and O–H groups in total. The summed E-state index contributed by atoms with van der Waals surface area (Å²) in [7, 11) is 1.46. The van der Waals surface area contributed by atoms with Gasteiger partial charge in [0.15, 0.2) is 5.13 Å². The van der Waals surface area contributed by atoms with Crippen LogP contribution in [0, 0.1) is 0 Å². The van der Waals surface area contributed by atoms with Crippen LogP contribution in [0.2, 0.25) is 0 Å². The topological polar surface area (TPSA) is 96.5 Å². The van der Waals surface area contributed by atoms with Gasteiger partial charge < -0.3 is 20.3 Å². The van der Waals surface area contributed by atoms with Crippen molar-refractivity contribution in [2.24, 2.45) is 0 Å². The molecule has 2 amide bonds. The van der Waals surface area contributed by atoms with E-state index < -0.39 is 5.54 Å². The van der Waals surface area contributed by atoms with Crippen molar-refractivity contribution in [3.05, 3.63) is 35.0 Å². The van der Waals surface area contributed by atoms with Gasteiger partial charge in [-0.25, -0.2) is 9.97 Å². The lowest BCUT2D eigenvalue weighted by Gasteiger charge is -2.37. The molecule has 3 heterocycles. The number of rotatable bonds is 10. The van der Waals surface area contributed by atoms with Gasteiger partial charge in [-0.1, -0.05) is 19.4 Å². The van der Waals surface area contributed by atoms with E-state index in [4.69, 9.17) is 9.72 Å². The van der Waals surface area contributed by atoms with Crippen molar-refractivity contribution in [3.8, 4) is 0 Å². The van der Waals surface area contributed by atoms with Crippen LogP contribution in [-0.2, 0) is 20.7 Å². The predicted octanol–water partition coefficient (Wildman–Crippen LogP) is 3.87. The zero-order valence-corrected chi connectivity index (χ0v) is 20.8. The quantitative estimate of drug-likeness (QED) is 0.544. The zero-order valence-electron chi connectivity index (χ0n) is 20.0. The normalized spacial score (nSPS) is 14.8. The number of piperidine rings is 1. The third-order valence-electron chi connectivity index (χ3n) is 5.80. The van der Waals surface area contributed by atoms with Gasteiger partial charge in [-0.2, -0.15) is 0 Å². The summed E-state index contributed by atoms with van der Waals surface area (Å²) in [6.45, 7) is 6.88. The van der Waals surface area contributed by atoms with E-state index in [1.807, 2.05) is 23.2 Å². The van der Waals surface area contributed by atoms with Crippen LogP contribution in [0.1, 0.15) is 62.9 Å². The molecule has 0 spiro atoms. The third kappa shape index (κ3) is 6.98. The molecule has 0 aliphatic carbocycles. The maximum atomic E-state index is 13.0. The summed E-state index contributed by atoms with van der Waals surface area (Å²) < 4.78 is 4.85. The monoisotopic (exact) mass is 473 g/mol. The van der Waals surface area contributed by atoms with Gasteiger partial charge >= 0.3 is 0 Å². The minimum Gasteiger partial charge on any atom is -0.375 e. The number of nitrogens with zero attached hydrogens (tertiary/aromatic N) is 3. The summed E-state index contributed by atoms with van der Waals surface area (Å²) in [5.74, 6) is 0.719. The lowest BCUT2D eigenvalue weighted by Crippen LogP contribution is -2.57. The molecule has 0 radical (unpaired) electrons. The van der Waals surface area contributed by atoms with E-state index in [1.54, 1.807) is 25.2 Å². The Bertz CT molecular complexity index is 938. The number of nitrogens with one attached hydrogen (secondary N) is 2. The lowest BCUT2D eigenvalue weighted by atomic mass is 9.91. The number of aryl methyl sites for hydroxylation is 1. The molecule has 0 saturated carbocycles. The number of hydrogen-bond acceptors (Lipinski definition) is 7. The zero-order chi connectivity index (χ0) is 23.8. The van der Waals surface area contributed by atoms with Crippen LogP contribution in [0.5, 0.6) is 0 Å². The molecule has 0 unspecified atom stereocenters. The van der Waals surface area contributed by atoms with Crippen LogP contribution >= 0.6 is 11.3 Å². The van der Waals surface area contributed by atoms with Gasteiger partial charge in [0.1, 0.15) is 18.0 Å². The van der Waals surface area contributed by atoms with Crippen LogP contribution < -0.4 is 10.6 Å². The fourth-order valence-electron chi connectivity index (χ4n) is 4.03. The SMILES string of the molecule is CCCCc1cnc(Nc2cccc(C3CCN(C(=O)C(C)(C)NC(=O)COC)CC3)n2)s1. The van der Waals surface area contributed by atoms with Gasteiger partial charge in [0.05, 0.1) is 0 Å². The molecule has 0 atom stereocenters. The van der Waals surface area contributed by atoms with Crippen LogP contribution in [-0.4, -0.2) is 59.0 Å². The first kappa shape index (κ1) is 25.1. The van der Waals surface area contributed by atoms with E-state index in [1.165, 1.54) is 24.8 Å². The second-order valence-corrected chi connectivity index (χ2v) is 10.1. The maximum Gasteiger partial charge on any atom is 0.247 e. The van der Waals surface area contributed by atoms with E-state index in [-0.39, 0.29) is 18.4 Å². The lowest BCUT2D eigenvalue weighted by molar-refractivity contribution is -0.142. The minimum atomic E-state index is -0.964. The number of amides is 2. The number of pyridine rings is 1. The van der Waals surface area contributed by atoms with E-state index in [2.05, 4.69) is 28.6 Å². The molecule has 1 fully saturated rings. The van der Waals surface area contributed by atoms with Crippen molar-refractivity contribution in [2.75, 3.05) is 32.1 Å². The number of carbonyl (C=O) groups is 2. The second kappa shape index (κ2) is 11.6. The molecule has 33 heavy (non-hydrogen) atoms. The van der Waals surface area contributed by atoms with Crippen molar-refractivity contribution >= 4 is 34.1 Å². The largest absolute Gasteiger partial charge is 0.375 e. The number of aromatic nitrogens is 2. The summed E-state index contributed by atoms with van der Waals surface area (Å²) in [5, 5.41) is 6.96. The maximum absolute atomic E-state index is 13.0. The van der Waals surface area contributed by atoms with Gasteiger partial charge in [0.2, 0.25) is 11.8 Å². The Hall–Kier alpha value is -2.52. The molecular weight excluding hydrogens is 438 g/mol.